The molecule has 0 heterocycles. The smallest absolute Gasteiger partial charge is 0.341 e. The van der Waals surface area contributed by atoms with Gasteiger partial charge in [-0.2, -0.15) is 4.99 Å². The molecule has 0 saturated carbocycles. The summed E-state index contributed by atoms with van der Waals surface area (Å²) in [6.45, 7) is -0.426. The molecule has 136 valence electrons. The molecule has 2 aromatic rings. The van der Waals surface area contributed by atoms with E-state index in [4.69, 9.17) is 50.2 Å². The number of guanidine groups is 2. The van der Waals surface area contributed by atoms with Crippen LogP contribution in [0.5, 0.6) is 5.75 Å². The maximum Gasteiger partial charge on any atom is 0.341 e. The van der Waals surface area contributed by atoms with E-state index in [2.05, 4.69) is 9.98 Å². The number of aliphatic imine (C=N–C) groups is 2. The number of aliphatic carboxylic acids is 1. The lowest BCUT2D eigenvalue weighted by Gasteiger charge is -2.10. The molecular weight excluding hydrogens is 381 g/mol. The number of carboxylic acids is 1. The minimum absolute atomic E-state index is 0.134. The number of halogens is 2. The van der Waals surface area contributed by atoms with E-state index in [-0.39, 0.29) is 11.9 Å². The van der Waals surface area contributed by atoms with Gasteiger partial charge in [0.2, 0.25) is 5.96 Å². The third-order valence-corrected chi connectivity index (χ3v) is 3.62. The van der Waals surface area contributed by atoms with Gasteiger partial charge in [0.05, 0.1) is 15.7 Å². The third-order valence-electron chi connectivity index (χ3n) is 3.02. The van der Waals surface area contributed by atoms with Crippen molar-refractivity contribution in [2.75, 3.05) is 6.61 Å². The molecule has 0 fully saturated rings. The zero-order chi connectivity index (χ0) is 19.3. The van der Waals surface area contributed by atoms with Crippen LogP contribution in [0.4, 0.5) is 5.69 Å². The van der Waals surface area contributed by atoms with Crippen molar-refractivity contribution < 1.29 is 14.6 Å². The number of ether oxygens (including phenoxy) is 1. The van der Waals surface area contributed by atoms with Crippen LogP contribution in [0.15, 0.2) is 46.4 Å². The van der Waals surface area contributed by atoms with Crippen molar-refractivity contribution in [3.63, 3.8) is 0 Å². The van der Waals surface area contributed by atoms with Gasteiger partial charge in [-0.15, -0.1) is 0 Å². The average molecular weight is 396 g/mol. The van der Waals surface area contributed by atoms with Crippen molar-refractivity contribution in [2.45, 2.75) is 0 Å². The van der Waals surface area contributed by atoms with Crippen molar-refractivity contribution in [2.24, 2.45) is 27.2 Å². The molecule has 2 aromatic carbocycles. The summed E-state index contributed by atoms with van der Waals surface area (Å²) in [6, 6.07) is 9.78. The van der Waals surface area contributed by atoms with E-state index in [0.29, 0.717) is 27.0 Å². The Morgan fingerprint density at radius 3 is 2.15 bits per heavy atom. The van der Waals surface area contributed by atoms with Crippen molar-refractivity contribution in [3.05, 3.63) is 46.4 Å². The zero-order valence-electron chi connectivity index (χ0n) is 13.3. The fourth-order valence-electron chi connectivity index (χ4n) is 2.05. The topological polar surface area (TPSA) is 149 Å². The highest BCUT2D eigenvalue weighted by atomic mass is 35.5. The number of nitrogens with zero attached hydrogens (tertiary/aromatic N) is 2. The molecule has 0 spiro atoms. The molecule has 0 aliphatic heterocycles. The van der Waals surface area contributed by atoms with Crippen molar-refractivity contribution in [1.29, 1.82) is 0 Å². The average Bonchev–Trinajstić information content (AvgIpc) is 2.52. The second-order valence-electron chi connectivity index (χ2n) is 5.00. The maximum absolute atomic E-state index is 10.5. The van der Waals surface area contributed by atoms with Crippen molar-refractivity contribution in [3.8, 4) is 16.9 Å². The molecule has 8 nitrogen and oxygen atoms in total. The first-order valence-corrected chi connectivity index (χ1v) is 7.89. The largest absolute Gasteiger partial charge is 0.482 e. The van der Waals surface area contributed by atoms with Gasteiger partial charge in [0.15, 0.2) is 12.6 Å². The Kier molecular flexibility index (Phi) is 6.26. The van der Waals surface area contributed by atoms with E-state index in [9.17, 15) is 4.79 Å². The van der Waals surface area contributed by atoms with Gasteiger partial charge in [-0.25, -0.2) is 9.79 Å². The summed E-state index contributed by atoms with van der Waals surface area (Å²) in [7, 11) is 0. The normalized spacial score (nSPS) is 11.1. The van der Waals surface area contributed by atoms with Crippen LogP contribution in [0, 0.1) is 0 Å². The molecule has 0 bridgehead atoms. The van der Waals surface area contributed by atoms with Gasteiger partial charge in [0.25, 0.3) is 0 Å². The van der Waals surface area contributed by atoms with Gasteiger partial charge in [-0.05, 0) is 29.8 Å². The highest BCUT2D eigenvalue weighted by molar-refractivity contribution is 6.39. The lowest BCUT2D eigenvalue weighted by Crippen LogP contribution is -2.26. The Morgan fingerprint density at radius 1 is 1.08 bits per heavy atom. The van der Waals surface area contributed by atoms with Crippen LogP contribution in [0.1, 0.15) is 0 Å². The molecule has 0 amide bonds. The number of carboxylic acid groups (broad SMARTS) is 1. The van der Waals surface area contributed by atoms with Crippen LogP contribution in [-0.2, 0) is 4.79 Å². The zero-order valence-corrected chi connectivity index (χ0v) is 14.8. The van der Waals surface area contributed by atoms with Crippen LogP contribution in [-0.4, -0.2) is 29.6 Å². The molecule has 0 unspecified atom stereocenters. The number of benzene rings is 2. The summed E-state index contributed by atoms with van der Waals surface area (Å²) in [5, 5.41) is 9.30. The van der Waals surface area contributed by atoms with E-state index in [1.807, 2.05) is 0 Å². The maximum atomic E-state index is 10.5. The van der Waals surface area contributed by atoms with E-state index in [1.54, 1.807) is 36.4 Å². The highest BCUT2D eigenvalue weighted by Crippen LogP contribution is 2.38. The minimum atomic E-state index is -1.06. The molecule has 2 rings (SSSR count). The molecular formula is C16H15Cl2N5O3. The molecule has 26 heavy (non-hydrogen) atoms. The monoisotopic (exact) mass is 395 g/mol. The van der Waals surface area contributed by atoms with Gasteiger partial charge < -0.3 is 27.0 Å². The highest BCUT2D eigenvalue weighted by Gasteiger charge is 2.11. The first-order valence-electron chi connectivity index (χ1n) is 7.14. The molecule has 10 heteroatoms. The number of carbonyl (C=O) groups is 1. The second-order valence-corrected chi connectivity index (χ2v) is 5.81. The summed E-state index contributed by atoms with van der Waals surface area (Å²) in [5.74, 6) is -0.999. The SMILES string of the molecule is NC(N)=NC(N)=Nc1cc(Cl)c(-c2ccc(OCC(=O)O)cc2)c(Cl)c1. The molecule has 0 aliphatic rings. The van der Waals surface area contributed by atoms with Gasteiger partial charge in [0.1, 0.15) is 5.75 Å². The first kappa shape index (κ1) is 19.4. The predicted molar refractivity (Wildman–Crippen MR) is 102 cm³/mol. The molecule has 7 N–H and O–H groups in total. The summed E-state index contributed by atoms with van der Waals surface area (Å²) < 4.78 is 5.08. The van der Waals surface area contributed by atoms with Crippen LogP contribution >= 0.6 is 23.2 Å². The Hall–Kier alpha value is -2.97. The first-order chi connectivity index (χ1) is 12.3. The van der Waals surface area contributed by atoms with Gasteiger partial charge >= 0.3 is 5.97 Å². The van der Waals surface area contributed by atoms with E-state index in [1.165, 1.54) is 0 Å². The Bertz CT molecular complexity index is 855. The van der Waals surface area contributed by atoms with Gasteiger partial charge in [-0.1, -0.05) is 35.3 Å². The number of nitrogens with two attached hydrogens (primary N) is 3. The second kappa shape index (κ2) is 8.41. The van der Waals surface area contributed by atoms with Crippen molar-refractivity contribution in [1.82, 2.24) is 0 Å². The van der Waals surface area contributed by atoms with Crippen LogP contribution in [0.3, 0.4) is 0 Å². The van der Waals surface area contributed by atoms with Crippen LogP contribution < -0.4 is 21.9 Å². The van der Waals surface area contributed by atoms with Crippen LogP contribution in [0.2, 0.25) is 10.0 Å². The molecule has 0 aromatic heterocycles. The fourth-order valence-corrected chi connectivity index (χ4v) is 2.75. The van der Waals surface area contributed by atoms with E-state index < -0.39 is 12.6 Å². The summed E-state index contributed by atoms with van der Waals surface area (Å²) in [6.07, 6.45) is 0. The molecule has 0 atom stereocenters. The van der Waals surface area contributed by atoms with Crippen molar-refractivity contribution >= 4 is 46.8 Å². The molecule has 0 saturated heterocycles. The van der Waals surface area contributed by atoms with Gasteiger partial charge in [0, 0.05) is 5.56 Å². The minimum Gasteiger partial charge on any atom is -0.482 e. The summed E-state index contributed by atoms with van der Waals surface area (Å²) in [5.41, 5.74) is 17.7. The summed E-state index contributed by atoms with van der Waals surface area (Å²) in [4.78, 5) is 18.1. The molecule has 0 radical (unpaired) electrons. The van der Waals surface area contributed by atoms with Gasteiger partial charge in [-0.3, -0.25) is 0 Å². The van der Waals surface area contributed by atoms with E-state index >= 15 is 0 Å². The summed E-state index contributed by atoms with van der Waals surface area (Å²) >= 11 is 12.6. The predicted octanol–water partition coefficient (Wildman–Crippen LogP) is 2.34. The third kappa shape index (κ3) is 5.27. The number of rotatable bonds is 5. The quantitative estimate of drug-likeness (QED) is 0.450. The lowest BCUT2D eigenvalue weighted by molar-refractivity contribution is -0.139. The Labute approximate surface area is 158 Å². The molecule has 0 aliphatic carbocycles. The van der Waals surface area contributed by atoms with Crippen LogP contribution in [0.25, 0.3) is 11.1 Å². The Balaban J connectivity index is 2.30. The number of hydrogen-bond acceptors (Lipinski definition) is 3. The Morgan fingerprint density at radius 2 is 1.65 bits per heavy atom. The fraction of sp³-hybridized carbons (Fsp3) is 0.0625. The standard InChI is InChI=1S/C16H15Cl2N5O3/c17-11-5-9(22-16(21)23-15(19)20)6-12(18)14(11)8-1-3-10(4-2-8)26-7-13(24)25/h1-6H,7H2,(H,24,25)(H6,19,20,21,22,23). The number of hydrogen-bond donors (Lipinski definition) is 4. The van der Waals surface area contributed by atoms with E-state index in [0.717, 1.165) is 5.56 Å². The lowest BCUT2D eigenvalue weighted by atomic mass is 10.0.